The summed E-state index contributed by atoms with van der Waals surface area (Å²) in [6.45, 7) is 5.01. The number of nitrogens with zero attached hydrogens (tertiary/aromatic N) is 3. The summed E-state index contributed by atoms with van der Waals surface area (Å²) in [6, 6.07) is 6.58. The lowest BCUT2D eigenvalue weighted by atomic mass is 9.89. The predicted octanol–water partition coefficient (Wildman–Crippen LogP) is 4.31. The fraction of sp³-hybridized carbons (Fsp3) is 0.500. The van der Waals surface area contributed by atoms with E-state index in [1.54, 1.807) is 34.7 Å². The number of aromatic nitrogens is 2. The first-order chi connectivity index (χ1) is 21.1. The topological polar surface area (TPSA) is 112 Å². The number of phenolic OH excluding ortho intramolecular Hbond substituents is 1. The van der Waals surface area contributed by atoms with Gasteiger partial charge in [0.2, 0.25) is 0 Å². The number of aliphatic hydroxyl groups is 1. The zero-order chi connectivity index (χ0) is 31.4. The number of carbonyl (C=O) groups excluding carboxylic acids is 1. The van der Waals surface area contributed by atoms with Crippen LogP contribution >= 0.6 is 0 Å². The molecule has 44 heavy (non-hydrogen) atoms. The Bertz CT molecular complexity index is 1430. The van der Waals surface area contributed by atoms with Gasteiger partial charge in [0.1, 0.15) is 29.4 Å². The number of imidazole rings is 1. The van der Waals surface area contributed by atoms with Crippen molar-refractivity contribution in [1.29, 1.82) is 0 Å². The van der Waals surface area contributed by atoms with Gasteiger partial charge < -0.3 is 35.1 Å². The maximum absolute atomic E-state index is 15.1. The molecule has 12 heteroatoms. The Morgan fingerprint density at radius 3 is 2.66 bits per heavy atom. The SMILES string of the molecule is Cc1cc(O)cc(Cn2cc(-c3cc(F)ccc3F)nc2[C@@H](C2CCOCC2)N(C[C@@H]2CNC[C@@H]2F)C(=O)N[C@@H](C)CO)c1. The van der Waals surface area contributed by atoms with E-state index < -0.39 is 41.8 Å². The fourth-order valence-corrected chi connectivity index (χ4v) is 6.18. The van der Waals surface area contributed by atoms with Crippen LogP contribution in [0.2, 0.25) is 0 Å². The summed E-state index contributed by atoms with van der Waals surface area (Å²) < 4.78 is 51.8. The number of hydrogen-bond acceptors (Lipinski definition) is 6. The number of aliphatic hydroxyl groups excluding tert-OH is 1. The second-order valence-electron chi connectivity index (χ2n) is 11.9. The number of nitrogens with one attached hydrogen (secondary N) is 2. The molecule has 2 aliphatic rings. The molecule has 3 aromatic rings. The molecule has 4 atom stereocenters. The van der Waals surface area contributed by atoms with Crippen molar-refractivity contribution >= 4 is 6.03 Å². The van der Waals surface area contributed by atoms with E-state index >= 15 is 4.39 Å². The van der Waals surface area contributed by atoms with Crippen LogP contribution in [0.15, 0.2) is 42.6 Å². The molecule has 0 spiro atoms. The number of ether oxygens (including phenoxy) is 1. The van der Waals surface area contributed by atoms with Crippen LogP contribution < -0.4 is 10.6 Å². The van der Waals surface area contributed by atoms with Crippen molar-refractivity contribution < 1.29 is 32.9 Å². The number of benzene rings is 2. The molecule has 2 fully saturated rings. The first-order valence-corrected chi connectivity index (χ1v) is 15.1. The van der Waals surface area contributed by atoms with Crippen LogP contribution in [0.3, 0.4) is 0 Å². The molecule has 0 unspecified atom stereocenters. The van der Waals surface area contributed by atoms with E-state index in [4.69, 9.17) is 9.72 Å². The summed E-state index contributed by atoms with van der Waals surface area (Å²) in [7, 11) is 0. The van der Waals surface area contributed by atoms with Crippen molar-refractivity contribution in [2.24, 2.45) is 11.8 Å². The van der Waals surface area contributed by atoms with Gasteiger partial charge in [-0.1, -0.05) is 6.07 Å². The van der Waals surface area contributed by atoms with Crippen LogP contribution in [0.4, 0.5) is 18.0 Å². The van der Waals surface area contributed by atoms with Gasteiger partial charge in [-0.25, -0.2) is 22.9 Å². The molecular formula is C32H40F3N5O4. The highest BCUT2D eigenvalue weighted by Crippen LogP contribution is 2.38. The highest BCUT2D eigenvalue weighted by Gasteiger charge is 2.40. The molecule has 1 aromatic heterocycles. The Hall–Kier alpha value is -3.61. The van der Waals surface area contributed by atoms with E-state index in [1.807, 2.05) is 13.0 Å². The predicted molar refractivity (Wildman–Crippen MR) is 159 cm³/mol. The van der Waals surface area contributed by atoms with Gasteiger partial charge >= 0.3 is 6.03 Å². The van der Waals surface area contributed by atoms with Gasteiger partial charge in [-0.3, -0.25) is 0 Å². The van der Waals surface area contributed by atoms with Crippen LogP contribution in [-0.4, -0.2) is 82.4 Å². The fourth-order valence-electron chi connectivity index (χ4n) is 6.18. The minimum absolute atomic E-state index is 0.0310. The summed E-state index contributed by atoms with van der Waals surface area (Å²) >= 11 is 0. The van der Waals surface area contributed by atoms with Crippen LogP contribution in [0.5, 0.6) is 5.75 Å². The minimum Gasteiger partial charge on any atom is -0.508 e. The number of aryl methyl sites for hydroxylation is 1. The van der Waals surface area contributed by atoms with E-state index in [0.29, 0.717) is 38.4 Å². The standard InChI is InChI=1S/C32H40F3N5O4/c1-19-9-21(11-25(42)10-19)15-39-17-29(26-12-24(33)3-4-27(26)34)38-31(39)30(22-5-7-44-8-6-22)40(32(43)37-20(2)18-41)16-23-13-36-14-28(23)35/h3-4,9-12,17,20,22-23,28,30,36,41-42H,5-8,13-16,18H2,1-2H3,(H,37,43)/t20-,23-,28-,30+/m0/s1. The summed E-state index contributed by atoms with van der Waals surface area (Å²) in [6.07, 6.45) is 1.64. The molecular weight excluding hydrogens is 575 g/mol. The third-order valence-electron chi connectivity index (χ3n) is 8.39. The molecule has 0 aliphatic carbocycles. The molecule has 2 aromatic carbocycles. The van der Waals surface area contributed by atoms with Crippen LogP contribution in [0.25, 0.3) is 11.3 Å². The Morgan fingerprint density at radius 1 is 1.20 bits per heavy atom. The quantitative estimate of drug-likeness (QED) is 0.271. The number of hydrogen-bond donors (Lipinski definition) is 4. The van der Waals surface area contributed by atoms with Crippen molar-refractivity contribution in [3.63, 3.8) is 0 Å². The number of halogens is 3. The molecule has 5 rings (SSSR count). The van der Waals surface area contributed by atoms with Gasteiger partial charge in [0, 0.05) is 57.1 Å². The molecule has 0 saturated carbocycles. The minimum atomic E-state index is -1.16. The second kappa shape index (κ2) is 14.0. The Kier molecular flexibility index (Phi) is 10.1. The number of urea groups is 1. The largest absolute Gasteiger partial charge is 0.508 e. The highest BCUT2D eigenvalue weighted by molar-refractivity contribution is 5.75. The highest BCUT2D eigenvalue weighted by atomic mass is 19.1. The number of rotatable bonds is 10. The number of phenols is 1. The number of aromatic hydroxyl groups is 1. The number of amides is 2. The zero-order valence-electron chi connectivity index (χ0n) is 25.0. The molecule has 0 radical (unpaired) electrons. The van der Waals surface area contributed by atoms with E-state index in [-0.39, 0.29) is 49.2 Å². The Balaban J connectivity index is 1.67. The van der Waals surface area contributed by atoms with Crippen LogP contribution in [0.1, 0.15) is 42.8 Å². The molecule has 2 aliphatic heterocycles. The lowest BCUT2D eigenvalue weighted by molar-refractivity contribution is 0.0253. The van der Waals surface area contributed by atoms with Crippen LogP contribution in [-0.2, 0) is 11.3 Å². The van der Waals surface area contributed by atoms with Crippen molar-refractivity contribution in [2.45, 2.75) is 51.5 Å². The normalized spacial score (nSPS) is 20.4. The maximum atomic E-state index is 15.1. The number of alkyl halides is 1. The van der Waals surface area contributed by atoms with E-state index in [1.165, 1.54) is 0 Å². The lowest BCUT2D eigenvalue weighted by Gasteiger charge is -2.40. The first-order valence-electron chi connectivity index (χ1n) is 15.1. The monoisotopic (exact) mass is 615 g/mol. The molecule has 3 heterocycles. The van der Waals surface area contributed by atoms with Gasteiger partial charge in [0.25, 0.3) is 0 Å². The summed E-state index contributed by atoms with van der Waals surface area (Å²) in [5.41, 5.74) is 1.73. The van der Waals surface area contributed by atoms with Crippen molar-refractivity contribution in [3.05, 3.63) is 71.2 Å². The molecule has 4 N–H and O–H groups in total. The van der Waals surface area contributed by atoms with Gasteiger partial charge in [-0.2, -0.15) is 0 Å². The van der Waals surface area contributed by atoms with Crippen molar-refractivity contribution in [3.8, 4) is 17.0 Å². The van der Waals surface area contributed by atoms with Gasteiger partial charge in [0.05, 0.1) is 24.4 Å². The second-order valence-corrected chi connectivity index (χ2v) is 11.9. The smallest absolute Gasteiger partial charge is 0.318 e. The Labute approximate surface area is 255 Å². The van der Waals surface area contributed by atoms with Crippen molar-refractivity contribution in [2.75, 3.05) is 39.5 Å². The maximum Gasteiger partial charge on any atom is 0.318 e. The van der Waals surface area contributed by atoms with E-state index in [2.05, 4.69) is 10.6 Å². The molecule has 0 bridgehead atoms. The summed E-state index contributed by atoms with van der Waals surface area (Å²) in [4.78, 5) is 20.4. The first kappa shape index (κ1) is 31.8. The zero-order valence-corrected chi connectivity index (χ0v) is 25.0. The average molecular weight is 616 g/mol. The summed E-state index contributed by atoms with van der Waals surface area (Å²) in [5.74, 6) is -1.40. The third-order valence-corrected chi connectivity index (χ3v) is 8.39. The van der Waals surface area contributed by atoms with Crippen molar-refractivity contribution in [1.82, 2.24) is 25.1 Å². The van der Waals surface area contributed by atoms with Gasteiger partial charge in [0.15, 0.2) is 0 Å². The van der Waals surface area contributed by atoms with Crippen LogP contribution in [0, 0.1) is 30.4 Å². The Morgan fingerprint density at radius 2 is 1.98 bits per heavy atom. The molecule has 2 amide bonds. The van der Waals surface area contributed by atoms with Gasteiger partial charge in [-0.15, -0.1) is 0 Å². The average Bonchev–Trinajstić information content (AvgIpc) is 3.59. The molecule has 2 saturated heterocycles. The molecule has 238 valence electrons. The summed E-state index contributed by atoms with van der Waals surface area (Å²) in [5, 5.41) is 25.9. The molecule has 9 nitrogen and oxygen atoms in total. The lowest BCUT2D eigenvalue weighted by Crippen LogP contribution is -2.51. The van der Waals surface area contributed by atoms with Gasteiger partial charge in [-0.05, 0) is 74.1 Å². The van der Waals surface area contributed by atoms with E-state index in [9.17, 15) is 23.8 Å². The third kappa shape index (κ3) is 7.36. The number of carbonyl (C=O) groups is 1. The van der Waals surface area contributed by atoms with E-state index in [0.717, 1.165) is 29.3 Å².